The summed E-state index contributed by atoms with van der Waals surface area (Å²) in [5.74, 6) is -0.903. The van der Waals surface area contributed by atoms with Gasteiger partial charge in [-0.25, -0.2) is 4.39 Å². The first-order valence-corrected chi connectivity index (χ1v) is 9.62. The summed E-state index contributed by atoms with van der Waals surface area (Å²) in [5.41, 5.74) is 2.86. The summed E-state index contributed by atoms with van der Waals surface area (Å²) in [4.78, 5) is 28.7. The van der Waals surface area contributed by atoms with Crippen LogP contribution in [-0.4, -0.2) is 47.8 Å². The molecule has 2 amide bonds. The lowest BCUT2D eigenvalue weighted by Crippen LogP contribution is -2.50. The second kappa shape index (κ2) is 8.27. The van der Waals surface area contributed by atoms with E-state index in [1.165, 1.54) is 12.1 Å². The molecule has 3 aromatic rings. The van der Waals surface area contributed by atoms with Gasteiger partial charge in [-0.2, -0.15) is 0 Å². The SMILES string of the molecule is O=C(c1ccc(-c2ccccc2)cc1)N1CCN(C(=O)c2ccccc2F)CC1. The van der Waals surface area contributed by atoms with Crippen LogP contribution in [0.1, 0.15) is 20.7 Å². The maximum Gasteiger partial charge on any atom is 0.256 e. The number of carbonyl (C=O) groups is 2. The number of benzene rings is 3. The van der Waals surface area contributed by atoms with Gasteiger partial charge in [0.1, 0.15) is 5.82 Å². The van der Waals surface area contributed by atoms with Crippen LogP contribution in [0.2, 0.25) is 0 Å². The second-order valence-electron chi connectivity index (χ2n) is 7.01. The van der Waals surface area contributed by atoms with Gasteiger partial charge in [-0.15, -0.1) is 0 Å². The average molecular weight is 388 g/mol. The van der Waals surface area contributed by atoms with Gasteiger partial charge in [0.05, 0.1) is 5.56 Å². The number of rotatable bonds is 3. The molecule has 1 aliphatic heterocycles. The molecule has 1 saturated heterocycles. The molecule has 4 nitrogen and oxygen atoms in total. The molecule has 4 rings (SSSR count). The number of halogens is 1. The molecule has 0 aromatic heterocycles. The minimum Gasteiger partial charge on any atom is -0.335 e. The third-order valence-electron chi connectivity index (χ3n) is 5.20. The van der Waals surface area contributed by atoms with E-state index in [1.807, 2.05) is 54.6 Å². The zero-order valence-corrected chi connectivity index (χ0v) is 15.9. The van der Waals surface area contributed by atoms with E-state index in [4.69, 9.17) is 0 Å². The van der Waals surface area contributed by atoms with Gasteiger partial charge in [0, 0.05) is 31.7 Å². The molecule has 1 heterocycles. The van der Waals surface area contributed by atoms with Gasteiger partial charge in [0.25, 0.3) is 11.8 Å². The van der Waals surface area contributed by atoms with Crippen molar-refractivity contribution < 1.29 is 14.0 Å². The molecule has 0 aliphatic carbocycles. The lowest BCUT2D eigenvalue weighted by atomic mass is 10.0. The van der Waals surface area contributed by atoms with Crippen molar-refractivity contribution >= 4 is 11.8 Å². The summed E-state index contributed by atoms with van der Waals surface area (Å²) in [6, 6.07) is 23.5. The molecular weight excluding hydrogens is 367 g/mol. The summed E-state index contributed by atoms with van der Waals surface area (Å²) < 4.78 is 13.9. The Morgan fingerprint density at radius 1 is 0.621 bits per heavy atom. The largest absolute Gasteiger partial charge is 0.335 e. The van der Waals surface area contributed by atoms with Crippen LogP contribution in [0.15, 0.2) is 78.9 Å². The lowest BCUT2D eigenvalue weighted by Gasteiger charge is -2.35. The van der Waals surface area contributed by atoms with Crippen molar-refractivity contribution in [1.82, 2.24) is 9.80 Å². The van der Waals surface area contributed by atoms with Crippen LogP contribution in [0.25, 0.3) is 11.1 Å². The van der Waals surface area contributed by atoms with Crippen LogP contribution in [-0.2, 0) is 0 Å². The van der Waals surface area contributed by atoms with Crippen molar-refractivity contribution in [2.45, 2.75) is 0 Å². The van der Waals surface area contributed by atoms with Gasteiger partial charge < -0.3 is 9.80 Å². The Balaban J connectivity index is 1.39. The molecule has 1 aliphatic rings. The summed E-state index contributed by atoms with van der Waals surface area (Å²) >= 11 is 0. The van der Waals surface area contributed by atoms with Gasteiger partial charge in [-0.05, 0) is 35.4 Å². The molecule has 0 saturated carbocycles. The molecule has 5 heteroatoms. The highest BCUT2D eigenvalue weighted by molar-refractivity contribution is 5.96. The Kier molecular flexibility index (Phi) is 5.38. The molecule has 146 valence electrons. The fourth-order valence-electron chi connectivity index (χ4n) is 3.54. The smallest absolute Gasteiger partial charge is 0.256 e. The van der Waals surface area contributed by atoms with Crippen LogP contribution in [0, 0.1) is 5.82 Å². The molecular formula is C24H21FN2O2. The van der Waals surface area contributed by atoms with Crippen molar-refractivity contribution in [3.05, 3.63) is 95.8 Å². The quantitative estimate of drug-likeness (QED) is 0.678. The van der Waals surface area contributed by atoms with Gasteiger partial charge in [0.2, 0.25) is 0 Å². The van der Waals surface area contributed by atoms with Gasteiger partial charge in [-0.1, -0.05) is 54.6 Å². The Hall–Kier alpha value is -3.47. The van der Waals surface area contributed by atoms with Crippen molar-refractivity contribution in [1.29, 1.82) is 0 Å². The van der Waals surface area contributed by atoms with Crippen LogP contribution in [0.4, 0.5) is 4.39 Å². The Morgan fingerprint density at radius 2 is 1.14 bits per heavy atom. The first-order chi connectivity index (χ1) is 14.1. The van der Waals surface area contributed by atoms with E-state index < -0.39 is 5.82 Å². The van der Waals surface area contributed by atoms with Crippen molar-refractivity contribution in [2.24, 2.45) is 0 Å². The number of nitrogens with zero attached hydrogens (tertiary/aromatic N) is 2. The molecule has 3 aromatic carbocycles. The van der Waals surface area contributed by atoms with E-state index in [2.05, 4.69) is 0 Å². The van der Waals surface area contributed by atoms with E-state index in [1.54, 1.807) is 21.9 Å². The summed E-state index contributed by atoms with van der Waals surface area (Å²) in [6.45, 7) is 1.64. The lowest BCUT2D eigenvalue weighted by molar-refractivity contribution is 0.0533. The topological polar surface area (TPSA) is 40.6 Å². The maximum absolute atomic E-state index is 13.9. The molecule has 0 bridgehead atoms. The van der Waals surface area contributed by atoms with Crippen molar-refractivity contribution in [2.75, 3.05) is 26.2 Å². The predicted octanol–water partition coefficient (Wildman–Crippen LogP) is 4.09. The van der Waals surface area contributed by atoms with Crippen molar-refractivity contribution in [3.8, 4) is 11.1 Å². The fraction of sp³-hybridized carbons (Fsp3) is 0.167. The van der Waals surface area contributed by atoms with Gasteiger partial charge in [0.15, 0.2) is 0 Å². The highest BCUT2D eigenvalue weighted by Gasteiger charge is 2.26. The Labute approximate surface area is 169 Å². The van der Waals surface area contributed by atoms with Gasteiger partial charge >= 0.3 is 0 Å². The number of carbonyl (C=O) groups excluding carboxylic acids is 2. The molecule has 0 unspecified atom stereocenters. The highest BCUT2D eigenvalue weighted by Crippen LogP contribution is 2.20. The summed E-state index contributed by atoms with van der Waals surface area (Å²) in [5, 5.41) is 0. The maximum atomic E-state index is 13.9. The molecule has 0 radical (unpaired) electrons. The molecule has 29 heavy (non-hydrogen) atoms. The molecule has 0 spiro atoms. The zero-order chi connectivity index (χ0) is 20.2. The van der Waals surface area contributed by atoms with E-state index in [-0.39, 0.29) is 17.4 Å². The van der Waals surface area contributed by atoms with Crippen LogP contribution in [0.5, 0.6) is 0 Å². The number of amides is 2. The van der Waals surface area contributed by atoms with Crippen molar-refractivity contribution in [3.63, 3.8) is 0 Å². The minimum atomic E-state index is -0.519. The molecule has 0 atom stereocenters. The number of piperazine rings is 1. The standard InChI is InChI=1S/C24H21FN2O2/c25-22-9-5-4-8-21(22)24(29)27-16-14-26(15-17-27)23(28)20-12-10-19(11-13-20)18-6-2-1-3-7-18/h1-13H,14-17H2. The van der Waals surface area contributed by atoms with Crippen LogP contribution >= 0.6 is 0 Å². The van der Waals surface area contributed by atoms with E-state index >= 15 is 0 Å². The first-order valence-electron chi connectivity index (χ1n) is 9.62. The van der Waals surface area contributed by atoms with Gasteiger partial charge in [-0.3, -0.25) is 9.59 Å². The highest BCUT2D eigenvalue weighted by atomic mass is 19.1. The fourth-order valence-corrected chi connectivity index (χ4v) is 3.54. The van der Waals surface area contributed by atoms with Crippen LogP contribution < -0.4 is 0 Å². The third-order valence-corrected chi connectivity index (χ3v) is 5.20. The molecule has 1 fully saturated rings. The average Bonchev–Trinajstić information content (AvgIpc) is 2.79. The predicted molar refractivity (Wildman–Crippen MR) is 110 cm³/mol. The third kappa shape index (κ3) is 4.04. The minimum absolute atomic E-state index is 0.0531. The zero-order valence-electron chi connectivity index (χ0n) is 15.9. The second-order valence-corrected chi connectivity index (χ2v) is 7.01. The summed E-state index contributed by atoms with van der Waals surface area (Å²) in [6.07, 6.45) is 0. The number of hydrogen-bond acceptors (Lipinski definition) is 2. The monoisotopic (exact) mass is 388 g/mol. The van der Waals surface area contributed by atoms with Crippen LogP contribution in [0.3, 0.4) is 0 Å². The summed E-state index contributed by atoms with van der Waals surface area (Å²) in [7, 11) is 0. The van der Waals surface area contributed by atoms with E-state index in [0.717, 1.165) is 11.1 Å². The molecule has 0 N–H and O–H groups in total. The Morgan fingerprint density at radius 3 is 1.76 bits per heavy atom. The number of hydrogen-bond donors (Lipinski definition) is 0. The van der Waals surface area contributed by atoms with E-state index in [0.29, 0.717) is 31.7 Å². The normalized spacial score (nSPS) is 14.0. The first kappa shape index (κ1) is 18.9. The van der Waals surface area contributed by atoms with E-state index in [9.17, 15) is 14.0 Å². The Bertz CT molecular complexity index is 1010.